The van der Waals surface area contributed by atoms with Crippen LogP contribution >= 0.6 is 0 Å². The van der Waals surface area contributed by atoms with E-state index in [0.29, 0.717) is 0 Å². The van der Waals surface area contributed by atoms with Crippen LogP contribution in [0, 0.1) is 0 Å². The molecule has 9 heteroatoms. The third-order valence-electron chi connectivity index (χ3n) is 3.28. The largest absolute Gasteiger partial charge is 0.504 e. The molecular formula is C17H18N2O7. The highest BCUT2D eigenvalue weighted by molar-refractivity contribution is 5.96. The quantitative estimate of drug-likeness (QED) is 0.610. The lowest BCUT2D eigenvalue weighted by Crippen LogP contribution is -2.11. The van der Waals surface area contributed by atoms with Crippen LogP contribution in [0.5, 0.6) is 5.75 Å². The number of carbonyl (C=O) groups is 3. The monoisotopic (exact) mass is 362 g/mol. The van der Waals surface area contributed by atoms with Crippen LogP contribution in [-0.2, 0) is 14.2 Å². The van der Waals surface area contributed by atoms with Crippen LogP contribution in [0.3, 0.4) is 0 Å². The summed E-state index contributed by atoms with van der Waals surface area (Å²) >= 11 is 0. The van der Waals surface area contributed by atoms with Gasteiger partial charge in [-0.3, -0.25) is 0 Å². The molecule has 1 aromatic heterocycles. The SMILES string of the molecule is CCOC(=O)c1cc(C(=O)OCC)cc(-n2cc(O)c(C(=O)OC)n2)c1. The zero-order chi connectivity index (χ0) is 19.3. The Morgan fingerprint density at radius 2 is 1.54 bits per heavy atom. The fourth-order valence-corrected chi connectivity index (χ4v) is 2.15. The van der Waals surface area contributed by atoms with E-state index in [9.17, 15) is 19.5 Å². The highest BCUT2D eigenvalue weighted by Crippen LogP contribution is 2.21. The minimum absolute atomic E-state index is 0.0991. The van der Waals surface area contributed by atoms with Crippen LogP contribution < -0.4 is 0 Å². The van der Waals surface area contributed by atoms with Crippen molar-refractivity contribution in [1.82, 2.24) is 9.78 Å². The molecule has 0 amide bonds. The molecule has 0 atom stereocenters. The number of aromatic hydroxyl groups is 1. The topological polar surface area (TPSA) is 117 Å². The van der Waals surface area contributed by atoms with Crippen molar-refractivity contribution in [1.29, 1.82) is 0 Å². The van der Waals surface area contributed by atoms with E-state index in [2.05, 4.69) is 9.84 Å². The summed E-state index contributed by atoms with van der Waals surface area (Å²) in [4.78, 5) is 35.7. The van der Waals surface area contributed by atoms with Crippen LogP contribution in [0.25, 0.3) is 5.69 Å². The van der Waals surface area contributed by atoms with E-state index in [1.54, 1.807) is 13.8 Å². The Kier molecular flexibility index (Phi) is 5.94. The summed E-state index contributed by atoms with van der Waals surface area (Å²) in [7, 11) is 1.15. The van der Waals surface area contributed by atoms with E-state index >= 15 is 0 Å². The number of hydrogen-bond acceptors (Lipinski definition) is 8. The molecule has 0 aliphatic rings. The summed E-state index contributed by atoms with van der Waals surface area (Å²) in [6, 6.07) is 4.16. The number of methoxy groups -OCH3 is 1. The van der Waals surface area contributed by atoms with Gasteiger partial charge in [0.2, 0.25) is 5.69 Å². The van der Waals surface area contributed by atoms with Crippen molar-refractivity contribution < 1.29 is 33.7 Å². The van der Waals surface area contributed by atoms with Crippen LogP contribution in [0.4, 0.5) is 0 Å². The average molecular weight is 362 g/mol. The van der Waals surface area contributed by atoms with Crippen molar-refractivity contribution in [3.8, 4) is 11.4 Å². The summed E-state index contributed by atoms with van der Waals surface area (Å²) in [6.07, 6.45) is 1.16. The zero-order valence-corrected chi connectivity index (χ0v) is 14.5. The molecule has 0 saturated heterocycles. The highest BCUT2D eigenvalue weighted by atomic mass is 16.5. The molecule has 0 aliphatic heterocycles. The minimum atomic E-state index is -0.826. The summed E-state index contributed by atoms with van der Waals surface area (Å²) in [5.41, 5.74) is 0.153. The smallest absolute Gasteiger partial charge is 0.362 e. The van der Waals surface area contributed by atoms with E-state index in [1.165, 1.54) is 18.2 Å². The van der Waals surface area contributed by atoms with E-state index in [1.807, 2.05) is 0 Å². The molecule has 9 nitrogen and oxygen atoms in total. The average Bonchev–Trinajstić information content (AvgIpc) is 3.03. The van der Waals surface area contributed by atoms with Crippen LogP contribution in [-0.4, -0.2) is 53.1 Å². The lowest BCUT2D eigenvalue weighted by molar-refractivity contribution is 0.0522. The fourth-order valence-electron chi connectivity index (χ4n) is 2.15. The van der Waals surface area contributed by atoms with Gasteiger partial charge in [-0.15, -0.1) is 0 Å². The van der Waals surface area contributed by atoms with Gasteiger partial charge in [0, 0.05) is 0 Å². The van der Waals surface area contributed by atoms with E-state index < -0.39 is 23.7 Å². The molecule has 0 aliphatic carbocycles. The van der Waals surface area contributed by atoms with Gasteiger partial charge in [0.1, 0.15) is 0 Å². The number of aromatic nitrogens is 2. The van der Waals surface area contributed by atoms with Gasteiger partial charge in [-0.1, -0.05) is 0 Å². The van der Waals surface area contributed by atoms with E-state index in [-0.39, 0.29) is 35.7 Å². The standard InChI is InChI=1S/C17H18N2O7/c1-4-25-15(21)10-6-11(16(22)26-5-2)8-12(7-10)19-9-13(20)14(18-19)17(23)24-3/h6-9,20H,4-5H2,1-3H3. The Balaban J connectivity index is 2.55. The lowest BCUT2D eigenvalue weighted by atomic mass is 10.1. The normalized spacial score (nSPS) is 10.3. The maximum atomic E-state index is 12.1. The first-order valence-corrected chi connectivity index (χ1v) is 7.77. The molecule has 2 aromatic rings. The maximum absolute atomic E-state index is 12.1. The van der Waals surface area contributed by atoms with Gasteiger partial charge in [-0.05, 0) is 32.0 Å². The fraction of sp³-hybridized carbons (Fsp3) is 0.294. The molecule has 0 bridgehead atoms. The molecule has 1 aromatic carbocycles. The third kappa shape index (κ3) is 4.00. The number of rotatable bonds is 6. The first-order valence-electron chi connectivity index (χ1n) is 7.77. The van der Waals surface area contributed by atoms with Crippen molar-refractivity contribution in [2.75, 3.05) is 20.3 Å². The van der Waals surface area contributed by atoms with Crippen molar-refractivity contribution >= 4 is 17.9 Å². The number of carbonyl (C=O) groups excluding carboxylic acids is 3. The molecule has 0 fully saturated rings. The van der Waals surface area contributed by atoms with Crippen molar-refractivity contribution in [2.24, 2.45) is 0 Å². The lowest BCUT2D eigenvalue weighted by Gasteiger charge is -2.09. The number of nitrogens with zero attached hydrogens (tertiary/aromatic N) is 2. The van der Waals surface area contributed by atoms with Gasteiger partial charge in [0.15, 0.2) is 5.75 Å². The molecule has 0 spiro atoms. The first kappa shape index (κ1) is 19.0. The summed E-state index contributed by atoms with van der Waals surface area (Å²) in [5.74, 6) is -2.50. The van der Waals surface area contributed by atoms with Crippen molar-refractivity contribution in [3.63, 3.8) is 0 Å². The van der Waals surface area contributed by atoms with E-state index in [0.717, 1.165) is 18.0 Å². The number of esters is 3. The Hall–Kier alpha value is -3.36. The number of ether oxygens (including phenoxy) is 3. The van der Waals surface area contributed by atoms with Crippen molar-refractivity contribution in [2.45, 2.75) is 13.8 Å². The highest BCUT2D eigenvalue weighted by Gasteiger charge is 2.20. The molecule has 138 valence electrons. The number of benzene rings is 1. The number of hydrogen-bond donors (Lipinski definition) is 1. The van der Waals surface area contributed by atoms with Crippen LogP contribution in [0.1, 0.15) is 45.1 Å². The van der Waals surface area contributed by atoms with Gasteiger partial charge < -0.3 is 19.3 Å². The molecule has 0 radical (unpaired) electrons. The molecule has 1 N–H and O–H groups in total. The summed E-state index contributed by atoms with van der Waals surface area (Å²) in [6.45, 7) is 3.63. The second-order valence-corrected chi connectivity index (χ2v) is 5.01. The second kappa shape index (κ2) is 8.15. The Morgan fingerprint density at radius 1 is 1.00 bits per heavy atom. The van der Waals surface area contributed by atoms with Crippen LogP contribution in [0.2, 0.25) is 0 Å². The maximum Gasteiger partial charge on any atom is 0.362 e. The zero-order valence-electron chi connectivity index (χ0n) is 14.5. The predicted molar refractivity (Wildman–Crippen MR) is 88.5 cm³/mol. The third-order valence-corrected chi connectivity index (χ3v) is 3.28. The Morgan fingerprint density at radius 3 is 2.00 bits per heavy atom. The molecule has 0 saturated carbocycles. The van der Waals surface area contributed by atoms with Gasteiger partial charge in [0.05, 0.1) is 43.3 Å². The van der Waals surface area contributed by atoms with Crippen LogP contribution in [0.15, 0.2) is 24.4 Å². The second-order valence-electron chi connectivity index (χ2n) is 5.01. The molecule has 2 rings (SSSR count). The minimum Gasteiger partial charge on any atom is -0.504 e. The van der Waals surface area contributed by atoms with Gasteiger partial charge in [0.25, 0.3) is 0 Å². The molecular weight excluding hydrogens is 344 g/mol. The van der Waals surface area contributed by atoms with Gasteiger partial charge in [-0.25, -0.2) is 19.1 Å². The molecule has 1 heterocycles. The van der Waals surface area contributed by atoms with Gasteiger partial charge >= 0.3 is 17.9 Å². The van der Waals surface area contributed by atoms with Crippen molar-refractivity contribution in [3.05, 3.63) is 41.2 Å². The molecule has 26 heavy (non-hydrogen) atoms. The summed E-state index contributed by atoms with van der Waals surface area (Å²) in [5, 5.41) is 13.8. The molecule has 0 unspecified atom stereocenters. The summed E-state index contributed by atoms with van der Waals surface area (Å²) < 4.78 is 15.6. The Labute approximate surface area is 149 Å². The first-order chi connectivity index (χ1) is 12.4. The van der Waals surface area contributed by atoms with E-state index in [4.69, 9.17) is 9.47 Å². The predicted octanol–water partition coefficient (Wildman–Crippen LogP) is 1.72. The Bertz CT molecular complexity index is 805. The van der Waals surface area contributed by atoms with Gasteiger partial charge in [-0.2, -0.15) is 5.10 Å².